The Hall–Kier alpha value is -2.90. The van der Waals surface area contributed by atoms with Crippen LogP contribution in [0.15, 0.2) is 24.3 Å². The van der Waals surface area contributed by atoms with Crippen LogP contribution < -0.4 is 4.90 Å². The Labute approximate surface area is 169 Å². The standard InChI is InChI=1S/C21H25N3O5/c1-13-11-22(10-8-14(13)20(28)29)18(26)12-23-19(27)15-5-3-4-6-16(15)24-17(25)7-9-21(23,24)2/h3-6,13-14H,7-12H2,1-2H3,(H,28,29). The summed E-state index contributed by atoms with van der Waals surface area (Å²) in [5.41, 5.74) is 0.150. The van der Waals surface area contributed by atoms with Gasteiger partial charge in [-0.2, -0.15) is 0 Å². The van der Waals surface area contributed by atoms with E-state index in [0.29, 0.717) is 43.6 Å². The van der Waals surface area contributed by atoms with Gasteiger partial charge in [0, 0.05) is 19.5 Å². The van der Waals surface area contributed by atoms with Gasteiger partial charge in [-0.05, 0) is 37.8 Å². The van der Waals surface area contributed by atoms with Crippen LogP contribution >= 0.6 is 0 Å². The summed E-state index contributed by atoms with van der Waals surface area (Å²) in [5, 5.41) is 9.29. The highest BCUT2D eigenvalue weighted by Crippen LogP contribution is 2.44. The average molecular weight is 399 g/mol. The number of aliphatic carboxylic acids is 1. The Balaban J connectivity index is 1.59. The molecule has 2 saturated heterocycles. The van der Waals surface area contributed by atoms with Gasteiger partial charge in [0.25, 0.3) is 5.91 Å². The van der Waals surface area contributed by atoms with E-state index in [4.69, 9.17) is 0 Å². The molecule has 8 heteroatoms. The van der Waals surface area contributed by atoms with Gasteiger partial charge in [-0.1, -0.05) is 19.1 Å². The van der Waals surface area contributed by atoms with Crippen molar-refractivity contribution in [3.8, 4) is 0 Å². The topological polar surface area (TPSA) is 98.2 Å². The molecule has 3 heterocycles. The van der Waals surface area contributed by atoms with Crippen LogP contribution in [0.4, 0.5) is 5.69 Å². The van der Waals surface area contributed by atoms with Gasteiger partial charge in [0.1, 0.15) is 12.2 Å². The van der Waals surface area contributed by atoms with Crippen LogP contribution in [0.2, 0.25) is 0 Å². The summed E-state index contributed by atoms with van der Waals surface area (Å²) in [7, 11) is 0. The molecule has 2 fully saturated rings. The molecule has 1 aromatic rings. The first-order chi connectivity index (χ1) is 13.7. The predicted octanol–water partition coefficient (Wildman–Crippen LogP) is 1.55. The van der Waals surface area contributed by atoms with Crippen molar-refractivity contribution in [1.82, 2.24) is 9.80 Å². The van der Waals surface area contributed by atoms with E-state index in [0.717, 1.165) is 0 Å². The minimum Gasteiger partial charge on any atom is -0.481 e. The minimum absolute atomic E-state index is 0.0548. The number of likely N-dealkylation sites (tertiary alicyclic amines) is 1. The number of carboxylic acid groups (broad SMARTS) is 1. The van der Waals surface area contributed by atoms with Gasteiger partial charge < -0.3 is 14.9 Å². The SMILES string of the molecule is CC1CN(C(=O)CN2C(=O)c3ccccc3N3C(=O)CCC23C)CCC1C(=O)O. The quantitative estimate of drug-likeness (QED) is 0.832. The summed E-state index contributed by atoms with van der Waals surface area (Å²) >= 11 is 0. The number of carbonyl (C=O) groups excluding carboxylic acids is 3. The molecule has 0 bridgehead atoms. The number of hydrogen-bond donors (Lipinski definition) is 1. The zero-order valence-corrected chi connectivity index (χ0v) is 16.6. The Kier molecular flexibility index (Phi) is 4.59. The molecule has 3 amide bonds. The van der Waals surface area contributed by atoms with Crippen molar-refractivity contribution >= 4 is 29.4 Å². The summed E-state index contributed by atoms with van der Waals surface area (Å²) in [6, 6.07) is 7.00. The van der Waals surface area contributed by atoms with Crippen LogP contribution in [0.1, 0.15) is 43.5 Å². The van der Waals surface area contributed by atoms with Crippen molar-refractivity contribution in [1.29, 1.82) is 0 Å². The largest absolute Gasteiger partial charge is 0.481 e. The molecule has 154 valence electrons. The fourth-order valence-electron chi connectivity index (χ4n) is 4.92. The molecule has 0 spiro atoms. The smallest absolute Gasteiger partial charge is 0.306 e. The van der Waals surface area contributed by atoms with Crippen LogP contribution in [0, 0.1) is 11.8 Å². The number of carbonyl (C=O) groups is 4. The lowest BCUT2D eigenvalue weighted by Crippen LogP contribution is -2.64. The highest BCUT2D eigenvalue weighted by molar-refractivity contribution is 6.11. The number of hydrogen-bond acceptors (Lipinski definition) is 4. The van der Waals surface area contributed by atoms with Crippen molar-refractivity contribution < 1.29 is 24.3 Å². The summed E-state index contributed by atoms with van der Waals surface area (Å²) in [6.45, 7) is 4.25. The zero-order chi connectivity index (χ0) is 20.9. The molecule has 3 unspecified atom stereocenters. The van der Waals surface area contributed by atoms with Crippen LogP contribution in [0.25, 0.3) is 0 Å². The fraction of sp³-hybridized carbons (Fsp3) is 0.524. The third-order valence-electron chi connectivity index (χ3n) is 6.61. The molecule has 4 rings (SSSR count). The number of piperidine rings is 1. The second kappa shape index (κ2) is 6.86. The second-order valence-corrected chi connectivity index (χ2v) is 8.41. The molecule has 1 N–H and O–H groups in total. The molecule has 0 saturated carbocycles. The van der Waals surface area contributed by atoms with E-state index in [1.807, 2.05) is 13.8 Å². The van der Waals surface area contributed by atoms with Crippen LogP contribution in [-0.4, -0.2) is 63.9 Å². The lowest BCUT2D eigenvalue weighted by Gasteiger charge is -2.49. The third-order valence-corrected chi connectivity index (χ3v) is 6.61. The number of nitrogens with zero attached hydrogens (tertiary/aromatic N) is 3. The van der Waals surface area contributed by atoms with E-state index < -0.39 is 17.6 Å². The molecule has 0 aromatic heterocycles. The summed E-state index contributed by atoms with van der Waals surface area (Å²) in [4.78, 5) is 55.0. The highest BCUT2D eigenvalue weighted by Gasteiger charge is 2.53. The molecule has 0 radical (unpaired) electrons. The van der Waals surface area contributed by atoms with Crippen LogP contribution in [-0.2, 0) is 14.4 Å². The Bertz CT molecular complexity index is 900. The van der Waals surface area contributed by atoms with E-state index in [2.05, 4.69) is 0 Å². The van der Waals surface area contributed by atoms with Crippen molar-refractivity contribution in [3.05, 3.63) is 29.8 Å². The Morgan fingerprint density at radius 3 is 2.66 bits per heavy atom. The molecule has 0 aliphatic carbocycles. The van der Waals surface area contributed by atoms with Gasteiger partial charge in [-0.25, -0.2) is 0 Å². The van der Waals surface area contributed by atoms with E-state index in [1.165, 1.54) is 4.90 Å². The molecule has 3 atom stereocenters. The molecular formula is C21H25N3O5. The maximum absolute atomic E-state index is 13.2. The minimum atomic E-state index is -0.872. The Morgan fingerprint density at radius 2 is 1.97 bits per heavy atom. The highest BCUT2D eigenvalue weighted by atomic mass is 16.4. The van der Waals surface area contributed by atoms with E-state index in [1.54, 1.807) is 34.1 Å². The third kappa shape index (κ3) is 2.97. The molecular weight excluding hydrogens is 374 g/mol. The number of para-hydroxylation sites is 1. The second-order valence-electron chi connectivity index (χ2n) is 8.41. The first-order valence-corrected chi connectivity index (χ1v) is 9.98. The molecule has 3 aliphatic heterocycles. The summed E-state index contributed by atoms with van der Waals surface area (Å²) < 4.78 is 0. The summed E-state index contributed by atoms with van der Waals surface area (Å²) in [6.07, 6.45) is 1.20. The fourth-order valence-corrected chi connectivity index (χ4v) is 4.92. The lowest BCUT2D eigenvalue weighted by molar-refractivity contribution is -0.148. The lowest BCUT2D eigenvalue weighted by atomic mass is 9.87. The normalized spacial score (nSPS) is 29.0. The van der Waals surface area contributed by atoms with Gasteiger partial charge in [0.2, 0.25) is 11.8 Å². The molecule has 8 nitrogen and oxygen atoms in total. The number of carboxylic acids is 1. The Morgan fingerprint density at radius 1 is 1.24 bits per heavy atom. The van der Waals surface area contributed by atoms with Crippen molar-refractivity contribution in [2.24, 2.45) is 11.8 Å². The number of anilines is 1. The van der Waals surface area contributed by atoms with Crippen molar-refractivity contribution in [2.45, 2.75) is 38.8 Å². The monoisotopic (exact) mass is 399 g/mol. The van der Waals surface area contributed by atoms with Gasteiger partial charge in [-0.15, -0.1) is 0 Å². The molecule has 1 aromatic carbocycles. The molecule has 3 aliphatic rings. The van der Waals surface area contributed by atoms with E-state index >= 15 is 0 Å². The number of fused-ring (bicyclic) bond motifs is 3. The zero-order valence-electron chi connectivity index (χ0n) is 16.6. The van der Waals surface area contributed by atoms with Gasteiger partial charge in [-0.3, -0.25) is 24.1 Å². The average Bonchev–Trinajstić information content (AvgIpc) is 3.00. The van der Waals surface area contributed by atoms with Crippen molar-refractivity contribution in [2.75, 3.05) is 24.5 Å². The van der Waals surface area contributed by atoms with Crippen LogP contribution in [0.3, 0.4) is 0 Å². The van der Waals surface area contributed by atoms with Gasteiger partial charge in [0.05, 0.1) is 17.2 Å². The number of benzene rings is 1. The maximum Gasteiger partial charge on any atom is 0.306 e. The first-order valence-electron chi connectivity index (χ1n) is 9.98. The first kappa shape index (κ1) is 19.4. The molecule has 29 heavy (non-hydrogen) atoms. The van der Waals surface area contributed by atoms with Crippen molar-refractivity contribution in [3.63, 3.8) is 0 Å². The van der Waals surface area contributed by atoms with Gasteiger partial charge >= 0.3 is 5.97 Å². The van der Waals surface area contributed by atoms with Crippen LogP contribution in [0.5, 0.6) is 0 Å². The number of rotatable bonds is 3. The number of amides is 3. The van der Waals surface area contributed by atoms with E-state index in [9.17, 15) is 24.3 Å². The maximum atomic E-state index is 13.2. The predicted molar refractivity (Wildman–Crippen MR) is 104 cm³/mol. The van der Waals surface area contributed by atoms with E-state index in [-0.39, 0.29) is 30.2 Å². The summed E-state index contributed by atoms with van der Waals surface area (Å²) in [5.74, 6) is -1.96. The van der Waals surface area contributed by atoms with Gasteiger partial charge in [0.15, 0.2) is 0 Å².